The molecule has 4 heterocycles. The molecule has 0 spiro atoms. The third-order valence-corrected chi connectivity index (χ3v) is 5.52. The lowest BCUT2D eigenvalue weighted by molar-refractivity contribution is 0.0691. The van der Waals surface area contributed by atoms with Gasteiger partial charge in [-0.15, -0.1) is 0 Å². The van der Waals surface area contributed by atoms with Crippen LogP contribution in [0, 0.1) is 6.92 Å². The van der Waals surface area contributed by atoms with Crippen molar-refractivity contribution in [3.63, 3.8) is 0 Å². The minimum absolute atomic E-state index is 0.0669. The summed E-state index contributed by atoms with van der Waals surface area (Å²) < 4.78 is 1.63. The van der Waals surface area contributed by atoms with Gasteiger partial charge in [0, 0.05) is 26.2 Å². The highest BCUT2D eigenvalue weighted by atomic mass is 16.4. The number of fused-ring (bicyclic) bond motifs is 2. The summed E-state index contributed by atoms with van der Waals surface area (Å²) in [6, 6.07) is 10.9. The van der Waals surface area contributed by atoms with Gasteiger partial charge >= 0.3 is 12.0 Å². The number of anilines is 1. The maximum Gasteiger partial charge on any atom is 0.354 e. The first-order valence-corrected chi connectivity index (χ1v) is 9.52. The van der Waals surface area contributed by atoms with Crippen molar-refractivity contribution in [3.8, 4) is 5.69 Å². The van der Waals surface area contributed by atoms with Gasteiger partial charge in [0.25, 0.3) is 0 Å². The molecule has 9 heteroatoms. The number of nitrogens with one attached hydrogen (secondary N) is 1. The summed E-state index contributed by atoms with van der Waals surface area (Å²) in [5.74, 6) is -1.14. The number of hydrogen-bond donors (Lipinski definition) is 2. The van der Waals surface area contributed by atoms with Gasteiger partial charge in [0.15, 0.2) is 11.3 Å². The molecule has 1 atom stereocenters. The zero-order valence-electron chi connectivity index (χ0n) is 15.9. The van der Waals surface area contributed by atoms with Crippen LogP contribution < -0.4 is 10.2 Å². The van der Waals surface area contributed by atoms with Gasteiger partial charge in [-0.05, 0) is 25.1 Å². The molecule has 0 bridgehead atoms. The lowest BCUT2D eigenvalue weighted by Crippen LogP contribution is -2.49. The van der Waals surface area contributed by atoms with Gasteiger partial charge in [-0.1, -0.05) is 18.2 Å². The Hall–Kier alpha value is -3.46. The molecule has 1 unspecified atom stereocenters. The van der Waals surface area contributed by atoms with Crippen LogP contribution in [0.2, 0.25) is 0 Å². The molecular weight excluding hydrogens is 372 g/mol. The van der Waals surface area contributed by atoms with E-state index in [4.69, 9.17) is 0 Å². The van der Waals surface area contributed by atoms with Crippen molar-refractivity contribution in [3.05, 3.63) is 47.8 Å². The first-order chi connectivity index (χ1) is 14.0. The van der Waals surface area contributed by atoms with Crippen molar-refractivity contribution < 1.29 is 14.7 Å². The number of hydrogen-bond acceptors (Lipinski definition) is 5. The number of benzene rings is 1. The lowest BCUT2D eigenvalue weighted by Gasteiger charge is -2.28. The Morgan fingerprint density at radius 2 is 2.07 bits per heavy atom. The zero-order chi connectivity index (χ0) is 20.1. The van der Waals surface area contributed by atoms with Gasteiger partial charge in [0.1, 0.15) is 0 Å². The van der Waals surface area contributed by atoms with Crippen LogP contribution in [0.25, 0.3) is 16.7 Å². The Morgan fingerprint density at radius 1 is 1.28 bits per heavy atom. The number of nitrogens with zero attached hydrogens (tertiary/aromatic N) is 5. The fraction of sp³-hybridized carbons (Fsp3) is 0.300. The van der Waals surface area contributed by atoms with Crippen molar-refractivity contribution in [2.75, 3.05) is 31.1 Å². The molecule has 2 amide bonds. The third kappa shape index (κ3) is 2.73. The molecule has 2 aromatic heterocycles. The molecule has 0 radical (unpaired) electrons. The van der Waals surface area contributed by atoms with Crippen LogP contribution in [0.1, 0.15) is 16.2 Å². The van der Waals surface area contributed by atoms with Crippen LogP contribution in [-0.4, -0.2) is 69.0 Å². The zero-order valence-corrected chi connectivity index (χ0v) is 15.9. The Labute approximate surface area is 166 Å². The summed E-state index contributed by atoms with van der Waals surface area (Å²) in [5, 5.41) is 18.2. The van der Waals surface area contributed by atoms with E-state index in [1.54, 1.807) is 9.58 Å². The van der Waals surface area contributed by atoms with E-state index >= 15 is 0 Å². The van der Waals surface area contributed by atoms with Crippen molar-refractivity contribution in [2.45, 2.75) is 13.0 Å². The molecule has 2 aliphatic heterocycles. The second-order valence-electron chi connectivity index (χ2n) is 7.31. The highest BCUT2D eigenvalue weighted by Gasteiger charge is 2.40. The number of pyridine rings is 1. The summed E-state index contributed by atoms with van der Waals surface area (Å²) in [4.78, 5) is 32.7. The molecule has 29 heavy (non-hydrogen) atoms. The number of aromatic nitrogens is 3. The van der Waals surface area contributed by atoms with Gasteiger partial charge in [0.05, 0.1) is 28.5 Å². The summed E-state index contributed by atoms with van der Waals surface area (Å²) in [5.41, 5.74) is 2.34. The molecule has 1 aromatic carbocycles. The standard InChI is InChI=1S/C20H20N6O3/c1-12-17-16(25-11-14-10-21-7-8-24(14)20(25)29)9-15(19(27)28)22-18(17)26(23-12)13-5-3-2-4-6-13/h2-6,9,14,21H,7-8,10-11H2,1H3,(H,27,28). The fourth-order valence-corrected chi connectivity index (χ4v) is 4.16. The number of rotatable bonds is 3. The van der Waals surface area contributed by atoms with E-state index in [1.165, 1.54) is 6.07 Å². The minimum atomic E-state index is -1.14. The molecule has 2 aliphatic rings. The Morgan fingerprint density at radius 3 is 2.79 bits per heavy atom. The maximum atomic E-state index is 13.1. The Bertz CT molecular complexity index is 1130. The summed E-state index contributed by atoms with van der Waals surface area (Å²) >= 11 is 0. The second-order valence-corrected chi connectivity index (χ2v) is 7.31. The predicted molar refractivity (Wildman–Crippen MR) is 107 cm³/mol. The Kier molecular flexibility index (Phi) is 3.99. The smallest absolute Gasteiger partial charge is 0.354 e. The highest BCUT2D eigenvalue weighted by Crippen LogP contribution is 2.34. The minimum Gasteiger partial charge on any atom is -0.477 e. The van der Waals surface area contributed by atoms with Crippen molar-refractivity contribution in [1.82, 2.24) is 25.0 Å². The monoisotopic (exact) mass is 392 g/mol. The topological polar surface area (TPSA) is 104 Å². The van der Waals surface area contributed by atoms with E-state index in [1.807, 2.05) is 42.2 Å². The average Bonchev–Trinajstić information content (AvgIpc) is 3.26. The van der Waals surface area contributed by atoms with Crippen molar-refractivity contribution in [2.24, 2.45) is 0 Å². The average molecular weight is 392 g/mol. The molecule has 3 aromatic rings. The van der Waals surface area contributed by atoms with Gasteiger partial charge in [0.2, 0.25) is 0 Å². The first-order valence-electron chi connectivity index (χ1n) is 9.52. The molecular formula is C20H20N6O3. The molecule has 2 N–H and O–H groups in total. The summed E-state index contributed by atoms with van der Waals surface area (Å²) in [6.45, 7) is 4.47. The van der Waals surface area contributed by atoms with Gasteiger partial charge in [-0.2, -0.15) is 5.10 Å². The van der Waals surface area contributed by atoms with E-state index in [-0.39, 0.29) is 17.8 Å². The van der Waals surface area contributed by atoms with E-state index in [0.29, 0.717) is 35.5 Å². The van der Waals surface area contributed by atoms with Gasteiger partial charge in [-0.25, -0.2) is 19.3 Å². The van der Waals surface area contributed by atoms with Crippen LogP contribution in [0.3, 0.4) is 0 Å². The van der Waals surface area contributed by atoms with Crippen LogP contribution >= 0.6 is 0 Å². The van der Waals surface area contributed by atoms with E-state index in [0.717, 1.165) is 18.8 Å². The number of aryl methyl sites for hydroxylation is 1. The van der Waals surface area contributed by atoms with E-state index < -0.39 is 5.97 Å². The lowest BCUT2D eigenvalue weighted by atomic mass is 10.1. The molecule has 9 nitrogen and oxygen atoms in total. The number of carboxylic acid groups (broad SMARTS) is 1. The van der Waals surface area contributed by atoms with Crippen molar-refractivity contribution >= 4 is 28.7 Å². The third-order valence-electron chi connectivity index (χ3n) is 5.52. The fourth-order valence-electron chi connectivity index (χ4n) is 4.16. The van der Waals surface area contributed by atoms with E-state index in [9.17, 15) is 14.7 Å². The highest BCUT2D eigenvalue weighted by molar-refractivity contribution is 6.06. The normalized spacial score (nSPS) is 19.1. The molecule has 2 saturated heterocycles. The van der Waals surface area contributed by atoms with Crippen LogP contribution in [0.5, 0.6) is 0 Å². The summed E-state index contributed by atoms with van der Waals surface area (Å²) in [7, 11) is 0. The molecule has 5 rings (SSSR count). The number of carboxylic acids is 1. The number of urea groups is 1. The van der Waals surface area contributed by atoms with Gasteiger partial charge < -0.3 is 15.3 Å². The Balaban J connectivity index is 1.72. The quantitative estimate of drug-likeness (QED) is 0.702. The largest absolute Gasteiger partial charge is 0.477 e. The number of piperazine rings is 1. The number of aromatic carboxylic acids is 1. The molecule has 0 aliphatic carbocycles. The van der Waals surface area contributed by atoms with Crippen molar-refractivity contribution in [1.29, 1.82) is 0 Å². The number of carbonyl (C=O) groups excluding carboxylic acids is 1. The molecule has 2 fully saturated rings. The first kappa shape index (κ1) is 17.6. The molecule has 0 saturated carbocycles. The van der Waals surface area contributed by atoms with Crippen LogP contribution in [-0.2, 0) is 0 Å². The number of para-hydroxylation sites is 1. The van der Waals surface area contributed by atoms with Gasteiger partial charge in [-0.3, -0.25) is 4.90 Å². The van der Waals surface area contributed by atoms with Crippen LogP contribution in [0.15, 0.2) is 36.4 Å². The predicted octanol–water partition coefficient (Wildman–Crippen LogP) is 1.64. The number of carbonyl (C=O) groups is 2. The van der Waals surface area contributed by atoms with E-state index in [2.05, 4.69) is 15.4 Å². The molecule has 148 valence electrons. The maximum absolute atomic E-state index is 13.1. The SMILES string of the molecule is Cc1nn(-c2ccccc2)c2nc(C(=O)O)cc(N3CC4CNCCN4C3=O)c12. The number of amides is 2. The summed E-state index contributed by atoms with van der Waals surface area (Å²) in [6.07, 6.45) is 0. The van der Waals surface area contributed by atoms with Crippen LogP contribution in [0.4, 0.5) is 10.5 Å². The second kappa shape index (κ2) is 6.56.